The summed E-state index contributed by atoms with van der Waals surface area (Å²) in [7, 11) is 0. The smallest absolute Gasteiger partial charge is 0.106 e. The summed E-state index contributed by atoms with van der Waals surface area (Å²) in [4.78, 5) is 4.35. The maximum Gasteiger partial charge on any atom is 0.106 e. The number of benzene rings is 1. The molecular formula is C12H15ClN2S. The van der Waals surface area contributed by atoms with E-state index in [9.17, 15) is 0 Å². The number of hydrogen-bond acceptors (Lipinski definition) is 3. The summed E-state index contributed by atoms with van der Waals surface area (Å²) in [6, 6.07) is 3.94. The molecule has 2 rings (SSSR count). The van der Waals surface area contributed by atoms with Crippen molar-refractivity contribution in [2.75, 3.05) is 11.9 Å². The predicted molar refractivity (Wildman–Crippen MR) is 72.6 cm³/mol. The summed E-state index contributed by atoms with van der Waals surface area (Å²) in [6.07, 6.45) is 0. The molecule has 0 unspecified atom stereocenters. The summed E-state index contributed by atoms with van der Waals surface area (Å²) in [5, 5.41) is 4.13. The molecule has 4 heteroatoms. The van der Waals surface area contributed by atoms with Crippen LogP contribution in [0.2, 0.25) is 5.02 Å². The first-order chi connectivity index (χ1) is 7.47. The van der Waals surface area contributed by atoms with E-state index in [1.165, 1.54) is 4.70 Å². The van der Waals surface area contributed by atoms with E-state index in [2.05, 4.69) is 31.1 Å². The number of fused-ring (bicyclic) bond motifs is 1. The summed E-state index contributed by atoms with van der Waals surface area (Å²) in [5.41, 5.74) is 4.00. The third-order valence-corrected chi connectivity index (χ3v) is 3.36. The molecule has 2 aromatic rings. The van der Waals surface area contributed by atoms with Gasteiger partial charge in [0.25, 0.3) is 0 Å². The van der Waals surface area contributed by atoms with Crippen molar-refractivity contribution in [2.24, 2.45) is 5.41 Å². The van der Waals surface area contributed by atoms with E-state index in [-0.39, 0.29) is 5.41 Å². The van der Waals surface area contributed by atoms with Gasteiger partial charge < -0.3 is 5.32 Å². The van der Waals surface area contributed by atoms with Gasteiger partial charge in [-0.15, -0.1) is 11.3 Å². The van der Waals surface area contributed by atoms with E-state index in [4.69, 9.17) is 11.6 Å². The van der Waals surface area contributed by atoms with Gasteiger partial charge >= 0.3 is 0 Å². The van der Waals surface area contributed by atoms with Gasteiger partial charge in [-0.1, -0.05) is 32.4 Å². The Kier molecular flexibility index (Phi) is 3.08. The molecule has 16 heavy (non-hydrogen) atoms. The first kappa shape index (κ1) is 11.7. The summed E-state index contributed by atoms with van der Waals surface area (Å²) < 4.78 is 1.17. The van der Waals surface area contributed by atoms with Gasteiger partial charge in [0.05, 0.1) is 20.9 Å². The van der Waals surface area contributed by atoms with Crippen molar-refractivity contribution in [2.45, 2.75) is 20.8 Å². The van der Waals surface area contributed by atoms with Crippen molar-refractivity contribution in [1.82, 2.24) is 4.98 Å². The molecule has 0 spiro atoms. The van der Waals surface area contributed by atoms with Crippen LogP contribution in [0, 0.1) is 5.41 Å². The highest BCUT2D eigenvalue weighted by atomic mass is 35.5. The molecule has 1 aromatic heterocycles. The Morgan fingerprint density at radius 1 is 1.38 bits per heavy atom. The van der Waals surface area contributed by atoms with E-state index in [1.807, 2.05) is 17.6 Å². The van der Waals surface area contributed by atoms with Crippen LogP contribution < -0.4 is 5.32 Å². The van der Waals surface area contributed by atoms with Crippen LogP contribution in [0.5, 0.6) is 0 Å². The second kappa shape index (κ2) is 4.22. The highest BCUT2D eigenvalue weighted by molar-refractivity contribution is 7.16. The number of nitrogens with zero attached hydrogens (tertiary/aromatic N) is 1. The Bertz CT molecular complexity index is 499. The second-order valence-electron chi connectivity index (χ2n) is 5.04. The first-order valence-corrected chi connectivity index (χ1v) is 6.49. The highest BCUT2D eigenvalue weighted by Crippen LogP contribution is 2.32. The van der Waals surface area contributed by atoms with Crippen LogP contribution in [-0.4, -0.2) is 11.5 Å². The molecule has 0 aliphatic heterocycles. The fourth-order valence-electron chi connectivity index (χ4n) is 1.43. The molecule has 0 bridgehead atoms. The van der Waals surface area contributed by atoms with Crippen LogP contribution in [0.3, 0.4) is 0 Å². The van der Waals surface area contributed by atoms with Crippen molar-refractivity contribution in [1.29, 1.82) is 0 Å². The Balaban J connectivity index is 2.35. The number of hydrogen-bond donors (Lipinski definition) is 1. The number of aromatic nitrogens is 1. The lowest BCUT2D eigenvalue weighted by Crippen LogP contribution is -2.19. The average molecular weight is 255 g/mol. The van der Waals surface area contributed by atoms with E-state index < -0.39 is 0 Å². The SMILES string of the molecule is CC(C)(C)CNc1c(Cl)ccc2scnc12. The monoisotopic (exact) mass is 254 g/mol. The number of rotatable bonds is 2. The zero-order valence-electron chi connectivity index (χ0n) is 9.67. The lowest BCUT2D eigenvalue weighted by atomic mass is 9.97. The van der Waals surface area contributed by atoms with E-state index in [0.717, 1.165) is 22.8 Å². The molecular weight excluding hydrogens is 240 g/mol. The van der Waals surface area contributed by atoms with Gasteiger partial charge in [-0.3, -0.25) is 0 Å². The molecule has 1 aromatic carbocycles. The van der Waals surface area contributed by atoms with E-state index in [1.54, 1.807) is 11.3 Å². The van der Waals surface area contributed by atoms with Crippen LogP contribution in [0.1, 0.15) is 20.8 Å². The second-order valence-corrected chi connectivity index (χ2v) is 6.33. The Labute approximate surface area is 105 Å². The number of anilines is 1. The largest absolute Gasteiger partial charge is 0.382 e. The lowest BCUT2D eigenvalue weighted by molar-refractivity contribution is 0.443. The van der Waals surface area contributed by atoms with Crippen molar-refractivity contribution < 1.29 is 0 Å². The van der Waals surface area contributed by atoms with E-state index in [0.29, 0.717) is 0 Å². The zero-order chi connectivity index (χ0) is 11.8. The fourth-order valence-corrected chi connectivity index (χ4v) is 2.33. The maximum absolute atomic E-state index is 6.19. The molecule has 0 amide bonds. The van der Waals surface area contributed by atoms with Gasteiger partial charge in [0.15, 0.2) is 0 Å². The summed E-state index contributed by atoms with van der Waals surface area (Å²) >= 11 is 7.82. The molecule has 1 N–H and O–H groups in total. The van der Waals surface area contributed by atoms with E-state index >= 15 is 0 Å². The maximum atomic E-state index is 6.19. The normalized spacial score (nSPS) is 12.0. The molecule has 86 valence electrons. The van der Waals surface area contributed by atoms with Gasteiger partial charge in [0.1, 0.15) is 5.52 Å². The predicted octanol–water partition coefficient (Wildman–Crippen LogP) is 4.41. The molecule has 0 saturated heterocycles. The van der Waals surface area contributed by atoms with Crippen LogP contribution in [0.4, 0.5) is 5.69 Å². The zero-order valence-corrected chi connectivity index (χ0v) is 11.2. The number of nitrogens with one attached hydrogen (secondary N) is 1. The molecule has 0 aliphatic carbocycles. The summed E-state index contributed by atoms with van der Waals surface area (Å²) in [5.74, 6) is 0. The van der Waals surface area contributed by atoms with Crippen LogP contribution in [0.15, 0.2) is 17.6 Å². The highest BCUT2D eigenvalue weighted by Gasteiger charge is 2.13. The van der Waals surface area contributed by atoms with Crippen LogP contribution >= 0.6 is 22.9 Å². The van der Waals surface area contributed by atoms with Gasteiger partial charge in [-0.05, 0) is 17.5 Å². The molecule has 0 atom stereocenters. The average Bonchev–Trinajstić information content (AvgIpc) is 2.62. The van der Waals surface area contributed by atoms with Gasteiger partial charge in [0.2, 0.25) is 0 Å². The molecule has 1 heterocycles. The van der Waals surface area contributed by atoms with Crippen LogP contribution in [-0.2, 0) is 0 Å². The molecule has 0 fully saturated rings. The minimum Gasteiger partial charge on any atom is -0.382 e. The third-order valence-electron chi connectivity index (χ3n) is 2.25. The quantitative estimate of drug-likeness (QED) is 0.859. The fraction of sp³-hybridized carbons (Fsp3) is 0.417. The molecule has 0 radical (unpaired) electrons. The minimum absolute atomic E-state index is 0.224. The van der Waals surface area contributed by atoms with Crippen LogP contribution in [0.25, 0.3) is 10.2 Å². The number of thiazole rings is 1. The Morgan fingerprint density at radius 2 is 2.12 bits per heavy atom. The molecule has 2 nitrogen and oxygen atoms in total. The Hall–Kier alpha value is -0.800. The van der Waals surface area contributed by atoms with Crippen molar-refractivity contribution in [3.05, 3.63) is 22.7 Å². The molecule has 0 saturated carbocycles. The lowest BCUT2D eigenvalue weighted by Gasteiger charge is -2.20. The van der Waals surface area contributed by atoms with Gasteiger partial charge in [-0.2, -0.15) is 0 Å². The molecule has 0 aliphatic rings. The standard InChI is InChI=1S/C12H15ClN2S/c1-12(2,3)6-14-10-8(13)4-5-9-11(10)15-7-16-9/h4-5,7,14H,6H2,1-3H3. The van der Waals surface area contributed by atoms with Gasteiger partial charge in [-0.25, -0.2) is 4.98 Å². The summed E-state index contributed by atoms with van der Waals surface area (Å²) in [6.45, 7) is 7.45. The van der Waals surface area contributed by atoms with Gasteiger partial charge in [0, 0.05) is 6.54 Å². The van der Waals surface area contributed by atoms with Crippen molar-refractivity contribution >= 4 is 38.8 Å². The number of halogens is 1. The Morgan fingerprint density at radius 3 is 2.81 bits per heavy atom. The first-order valence-electron chi connectivity index (χ1n) is 5.23. The minimum atomic E-state index is 0.224. The third kappa shape index (κ3) is 2.47. The van der Waals surface area contributed by atoms with Crippen molar-refractivity contribution in [3.63, 3.8) is 0 Å². The topological polar surface area (TPSA) is 24.9 Å². The van der Waals surface area contributed by atoms with Crippen molar-refractivity contribution in [3.8, 4) is 0 Å².